The molecule has 2 aliphatic heterocycles. The number of aromatic hydroxyl groups is 1. The van der Waals surface area contributed by atoms with E-state index >= 15 is 0 Å². The molecule has 1 saturated carbocycles. The van der Waals surface area contributed by atoms with Gasteiger partial charge in [0.2, 0.25) is 11.8 Å². The Labute approximate surface area is 225 Å². The number of likely N-dealkylation sites (tertiary alicyclic amines) is 2. The van der Waals surface area contributed by atoms with Gasteiger partial charge in [0.25, 0.3) is 11.8 Å². The summed E-state index contributed by atoms with van der Waals surface area (Å²) in [7, 11) is 1.33. The number of alkyl halides is 2. The number of carbonyl (C=O) groups is 4. The first-order valence-corrected chi connectivity index (χ1v) is 13.2. The van der Waals surface area contributed by atoms with Crippen LogP contribution in [0.2, 0.25) is 0 Å². The summed E-state index contributed by atoms with van der Waals surface area (Å²) in [5, 5.41) is 11.2. The van der Waals surface area contributed by atoms with Crippen LogP contribution in [0.4, 0.5) is 0 Å². The number of rotatable bonds is 3. The molecule has 37 heavy (non-hydrogen) atoms. The van der Waals surface area contributed by atoms with Gasteiger partial charge in [-0.15, -0.1) is 23.2 Å². The van der Waals surface area contributed by atoms with Crippen molar-refractivity contribution in [2.75, 3.05) is 13.7 Å². The molecule has 8 nitrogen and oxygen atoms in total. The molecule has 0 aromatic heterocycles. The molecule has 10 heteroatoms. The van der Waals surface area contributed by atoms with Crippen LogP contribution >= 0.6 is 23.2 Å². The number of imide groups is 2. The largest absolute Gasteiger partial charge is 0.504 e. The lowest BCUT2D eigenvalue weighted by Crippen LogP contribution is -2.60. The van der Waals surface area contributed by atoms with Gasteiger partial charge in [0.05, 0.1) is 18.4 Å². The number of phenols is 1. The molecular formula is C27H30Cl2N2O6. The smallest absolute Gasteiger partial charge is 0.253 e. The van der Waals surface area contributed by atoms with Gasteiger partial charge >= 0.3 is 0 Å². The second-order valence-electron chi connectivity index (χ2n) is 11.3. The second kappa shape index (κ2) is 8.21. The zero-order valence-electron chi connectivity index (χ0n) is 21.4. The predicted molar refractivity (Wildman–Crippen MR) is 136 cm³/mol. The summed E-state index contributed by atoms with van der Waals surface area (Å²) in [6.07, 6.45) is 2.03. The fraction of sp³-hybridized carbons (Fsp3) is 0.556. The Morgan fingerprint density at radius 2 is 1.76 bits per heavy atom. The molecule has 4 aliphatic rings. The number of ether oxygens (including phenoxy) is 1. The van der Waals surface area contributed by atoms with Crippen LogP contribution in [0.3, 0.4) is 0 Å². The van der Waals surface area contributed by atoms with Crippen LogP contribution in [0, 0.1) is 17.8 Å². The number of nitrogens with zero attached hydrogens (tertiary/aromatic N) is 2. The zero-order chi connectivity index (χ0) is 27.2. The lowest BCUT2D eigenvalue weighted by molar-refractivity contribution is -0.146. The predicted octanol–water partition coefficient (Wildman–Crippen LogP) is 3.58. The Hall–Kier alpha value is -2.58. The summed E-state index contributed by atoms with van der Waals surface area (Å²) in [5.74, 6) is -4.93. The van der Waals surface area contributed by atoms with Crippen molar-refractivity contribution < 1.29 is 29.0 Å². The number of para-hydroxylation sites is 1. The quantitative estimate of drug-likeness (QED) is 0.351. The van der Waals surface area contributed by atoms with Crippen molar-refractivity contribution in [2.45, 2.75) is 61.7 Å². The molecule has 0 bridgehead atoms. The molecule has 2 saturated heterocycles. The molecule has 0 radical (unpaired) electrons. The molecule has 2 heterocycles. The van der Waals surface area contributed by atoms with E-state index in [0.717, 1.165) is 4.90 Å². The van der Waals surface area contributed by atoms with E-state index in [-0.39, 0.29) is 41.7 Å². The molecule has 1 N–H and O–H groups in total. The molecule has 6 atom stereocenters. The maximum Gasteiger partial charge on any atom is 0.253 e. The fourth-order valence-electron chi connectivity index (χ4n) is 6.79. The van der Waals surface area contributed by atoms with Crippen LogP contribution in [0.1, 0.15) is 52.0 Å². The van der Waals surface area contributed by atoms with E-state index in [9.17, 15) is 24.3 Å². The van der Waals surface area contributed by atoms with E-state index in [1.165, 1.54) is 11.9 Å². The number of hydrogen-bond acceptors (Lipinski definition) is 6. The lowest BCUT2D eigenvalue weighted by Gasteiger charge is -2.50. The van der Waals surface area contributed by atoms with Gasteiger partial charge in [0.1, 0.15) is 0 Å². The highest BCUT2D eigenvalue weighted by Gasteiger charge is 2.76. The maximum absolute atomic E-state index is 13.8. The first kappa shape index (κ1) is 26.0. The second-order valence-corrected chi connectivity index (χ2v) is 12.5. The summed E-state index contributed by atoms with van der Waals surface area (Å²) < 4.78 is 5.58. The molecule has 4 amide bonds. The van der Waals surface area contributed by atoms with Crippen molar-refractivity contribution in [3.63, 3.8) is 0 Å². The molecule has 198 valence electrons. The number of fused-ring (bicyclic) bond motifs is 4. The number of carbonyl (C=O) groups excluding carboxylic acids is 4. The number of halogens is 2. The van der Waals surface area contributed by atoms with Crippen LogP contribution in [0.15, 0.2) is 29.8 Å². The number of amides is 4. The van der Waals surface area contributed by atoms with E-state index < -0.39 is 50.8 Å². The highest BCUT2D eigenvalue weighted by molar-refractivity contribution is 6.53. The van der Waals surface area contributed by atoms with Gasteiger partial charge < -0.3 is 9.84 Å². The van der Waals surface area contributed by atoms with Gasteiger partial charge in [-0.2, -0.15) is 0 Å². The monoisotopic (exact) mass is 548 g/mol. The highest BCUT2D eigenvalue weighted by atomic mass is 35.5. The van der Waals surface area contributed by atoms with Crippen LogP contribution in [0.25, 0.3) is 0 Å². The van der Waals surface area contributed by atoms with E-state index in [1.54, 1.807) is 45.9 Å². The van der Waals surface area contributed by atoms with Crippen molar-refractivity contribution in [2.24, 2.45) is 17.8 Å². The van der Waals surface area contributed by atoms with Crippen molar-refractivity contribution in [3.05, 3.63) is 35.4 Å². The summed E-state index contributed by atoms with van der Waals surface area (Å²) in [4.78, 5) is 52.6. The Bertz CT molecular complexity index is 1270. The van der Waals surface area contributed by atoms with Crippen molar-refractivity contribution in [1.29, 1.82) is 0 Å². The minimum Gasteiger partial charge on any atom is -0.504 e. The van der Waals surface area contributed by atoms with Crippen LogP contribution < -0.4 is 4.74 Å². The molecule has 6 unspecified atom stereocenters. The first-order chi connectivity index (χ1) is 17.2. The van der Waals surface area contributed by atoms with E-state index in [2.05, 4.69) is 0 Å². The van der Waals surface area contributed by atoms with E-state index in [0.29, 0.717) is 12.2 Å². The van der Waals surface area contributed by atoms with Crippen molar-refractivity contribution in [1.82, 2.24) is 9.80 Å². The summed E-state index contributed by atoms with van der Waals surface area (Å²) in [6, 6.07) is 4.89. The Morgan fingerprint density at radius 3 is 2.38 bits per heavy atom. The molecule has 0 spiro atoms. The minimum atomic E-state index is -1.95. The molecule has 1 aromatic carbocycles. The van der Waals surface area contributed by atoms with Crippen molar-refractivity contribution >= 4 is 46.8 Å². The van der Waals surface area contributed by atoms with Gasteiger partial charge in [0, 0.05) is 24.1 Å². The van der Waals surface area contributed by atoms with E-state index in [4.69, 9.17) is 27.9 Å². The van der Waals surface area contributed by atoms with Gasteiger partial charge in [-0.05, 0) is 52.5 Å². The van der Waals surface area contributed by atoms with Crippen LogP contribution in [0.5, 0.6) is 11.5 Å². The lowest BCUT2D eigenvalue weighted by atomic mass is 9.56. The minimum absolute atomic E-state index is 0.0839. The van der Waals surface area contributed by atoms with E-state index in [1.807, 2.05) is 6.08 Å². The average Bonchev–Trinajstić information content (AvgIpc) is 3.16. The Morgan fingerprint density at radius 1 is 1.08 bits per heavy atom. The maximum atomic E-state index is 13.8. The third-order valence-corrected chi connectivity index (χ3v) is 9.74. The van der Waals surface area contributed by atoms with Gasteiger partial charge in [-0.25, -0.2) is 0 Å². The highest BCUT2D eigenvalue weighted by Crippen LogP contribution is 2.66. The third kappa shape index (κ3) is 3.21. The standard InChI is InChI=1S/C27H30Cl2N2O6/c1-6-37-17-9-7-8-15(20(17)32)19-13-10-11-14-18(22(34)31(21(14)33)25(2,3)4)16(13)12-26(28)23(35)30(5)24(36)27(19,26)29/h7-10,14,16,18-19,32H,6,11-12H2,1-5H3. The summed E-state index contributed by atoms with van der Waals surface area (Å²) >= 11 is 14.3. The topological polar surface area (TPSA) is 104 Å². The zero-order valence-corrected chi connectivity index (χ0v) is 22.9. The number of hydrogen-bond donors (Lipinski definition) is 1. The summed E-state index contributed by atoms with van der Waals surface area (Å²) in [6.45, 7) is 7.47. The molecule has 5 rings (SSSR count). The summed E-state index contributed by atoms with van der Waals surface area (Å²) in [5.41, 5.74) is 0.184. The molecule has 3 fully saturated rings. The van der Waals surface area contributed by atoms with Gasteiger partial charge in [-0.1, -0.05) is 23.8 Å². The first-order valence-electron chi connectivity index (χ1n) is 12.4. The van der Waals surface area contributed by atoms with Crippen LogP contribution in [-0.2, 0) is 19.2 Å². The Balaban J connectivity index is 1.74. The molecule has 2 aliphatic carbocycles. The molecular weight excluding hydrogens is 519 g/mol. The van der Waals surface area contributed by atoms with Crippen LogP contribution in [-0.4, -0.2) is 67.5 Å². The number of phenolic OH excluding ortho intramolecular Hbond substituents is 1. The third-order valence-electron chi connectivity index (χ3n) is 8.33. The molecule has 1 aromatic rings. The number of benzene rings is 1. The average molecular weight is 549 g/mol. The van der Waals surface area contributed by atoms with Crippen molar-refractivity contribution in [3.8, 4) is 11.5 Å². The normalized spacial score (nSPS) is 35.4. The SMILES string of the molecule is CCOc1cccc(C2C3=CCC4C(=O)N(C(C)(C)C)C(=O)C4C3CC3(Cl)C(=O)N(C)C(=O)C23Cl)c1O. The van der Waals surface area contributed by atoms with Gasteiger partial charge in [-0.3, -0.25) is 29.0 Å². The van der Waals surface area contributed by atoms with Gasteiger partial charge in [0.15, 0.2) is 21.2 Å². The number of allylic oxidation sites excluding steroid dienone is 2. The fourth-order valence-corrected chi connectivity index (χ4v) is 7.81. The Kier molecular flexibility index (Phi) is 5.78.